The fraction of sp³-hybridized carbons (Fsp3) is 0.360. The van der Waals surface area contributed by atoms with Gasteiger partial charge in [0, 0.05) is 31.3 Å². The molecule has 0 saturated heterocycles. The number of nitrogens with one attached hydrogen (secondary N) is 2. The van der Waals surface area contributed by atoms with Crippen molar-refractivity contribution in [1.82, 2.24) is 14.9 Å². The van der Waals surface area contributed by atoms with Crippen LogP contribution >= 0.6 is 0 Å². The molecule has 0 unspecified atom stereocenters. The Morgan fingerprint density at radius 3 is 2.54 bits per heavy atom. The lowest BCUT2D eigenvalue weighted by atomic mass is 10.2. The Bertz CT molecular complexity index is 1200. The van der Waals surface area contributed by atoms with Crippen molar-refractivity contribution >= 4 is 40.0 Å². The zero-order valence-electron chi connectivity index (χ0n) is 20.7. The maximum atomic E-state index is 12.1. The largest absolute Gasteiger partial charge is 0.493 e. The smallest absolute Gasteiger partial charge is 0.311 e. The Morgan fingerprint density at radius 1 is 1.09 bits per heavy atom. The molecule has 2 N–H and O–H groups in total. The second-order valence-corrected chi connectivity index (χ2v) is 8.06. The third-order valence-electron chi connectivity index (χ3n) is 5.01. The lowest BCUT2D eigenvalue weighted by Crippen LogP contribution is -2.15. The Hall–Kier alpha value is -3.92. The molecule has 1 aromatic heterocycles. The summed E-state index contributed by atoms with van der Waals surface area (Å²) >= 11 is 0. The number of fused-ring (bicyclic) bond motifs is 1. The van der Waals surface area contributed by atoms with Crippen molar-refractivity contribution in [2.24, 2.45) is 0 Å². The summed E-state index contributed by atoms with van der Waals surface area (Å²) in [6.45, 7) is 4.50. The first-order valence-corrected chi connectivity index (χ1v) is 11.3. The van der Waals surface area contributed by atoms with Gasteiger partial charge in [-0.25, -0.2) is 9.97 Å². The number of ether oxygens (including phenoxy) is 3. The summed E-state index contributed by atoms with van der Waals surface area (Å²) in [6, 6.07) is 8.74. The first-order valence-electron chi connectivity index (χ1n) is 11.3. The third kappa shape index (κ3) is 6.80. The number of aromatic nitrogens is 2. The van der Waals surface area contributed by atoms with E-state index < -0.39 is 5.97 Å². The molecule has 3 aromatic rings. The number of carbonyl (C=O) groups is 2. The first kappa shape index (κ1) is 25.7. The molecule has 2 aromatic carbocycles. The highest BCUT2D eigenvalue weighted by Gasteiger charge is 2.17. The minimum absolute atomic E-state index is 0.179. The van der Waals surface area contributed by atoms with Gasteiger partial charge in [0.25, 0.3) is 0 Å². The normalized spacial score (nSPS) is 10.8. The number of nitrogens with zero attached hydrogens (tertiary/aromatic N) is 3. The average molecular weight is 482 g/mol. The van der Waals surface area contributed by atoms with E-state index in [1.54, 1.807) is 38.3 Å². The minimum Gasteiger partial charge on any atom is -0.493 e. The highest BCUT2D eigenvalue weighted by atomic mass is 16.5. The van der Waals surface area contributed by atoms with Gasteiger partial charge in [-0.2, -0.15) is 0 Å². The molecule has 35 heavy (non-hydrogen) atoms. The maximum Gasteiger partial charge on any atom is 0.311 e. The number of methoxy groups -OCH3 is 1. The van der Waals surface area contributed by atoms with Crippen LogP contribution in [0, 0.1) is 0 Å². The Labute approximate surface area is 204 Å². The molecule has 0 radical (unpaired) electrons. The molecular weight excluding hydrogens is 450 g/mol. The van der Waals surface area contributed by atoms with E-state index in [0.29, 0.717) is 46.2 Å². The van der Waals surface area contributed by atoms with Crippen LogP contribution in [0.3, 0.4) is 0 Å². The summed E-state index contributed by atoms with van der Waals surface area (Å²) < 4.78 is 17.0. The van der Waals surface area contributed by atoms with Gasteiger partial charge >= 0.3 is 5.97 Å². The van der Waals surface area contributed by atoms with Crippen molar-refractivity contribution in [3.8, 4) is 17.2 Å². The molecule has 10 heteroatoms. The molecule has 186 valence electrons. The topological polar surface area (TPSA) is 115 Å². The average Bonchev–Trinajstić information content (AvgIpc) is 2.82. The summed E-state index contributed by atoms with van der Waals surface area (Å²) in [5, 5.41) is 6.61. The predicted octanol–water partition coefficient (Wildman–Crippen LogP) is 3.99. The van der Waals surface area contributed by atoms with Gasteiger partial charge < -0.3 is 29.7 Å². The zero-order chi connectivity index (χ0) is 25.4. The molecular formula is C25H31N5O5. The summed E-state index contributed by atoms with van der Waals surface area (Å²) in [4.78, 5) is 34.6. The fourth-order valence-corrected chi connectivity index (χ4v) is 3.35. The van der Waals surface area contributed by atoms with Crippen molar-refractivity contribution in [2.45, 2.75) is 26.7 Å². The van der Waals surface area contributed by atoms with E-state index >= 15 is 0 Å². The van der Waals surface area contributed by atoms with Gasteiger partial charge in [-0.05, 0) is 38.7 Å². The van der Waals surface area contributed by atoms with Crippen LogP contribution in [0.15, 0.2) is 36.7 Å². The first-order chi connectivity index (χ1) is 16.8. The number of rotatable bonds is 11. The van der Waals surface area contributed by atoms with Crippen LogP contribution < -0.4 is 24.8 Å². The number of hydrogen-bond acceptors (Lipinski definition) is 9. The molecule has 0 spiro atoms. The van der Waals surface area contributed by atoms with E-state index in [4.69, 9.17) is 14.2 Å². The van der Waals surface area contributed by atoms with Crippen molar-refractivity contribution in [3.05, 3.63) is 36.7 Å². The SMILES string of the molecule is CCC(=O)Oc1c(NC(C)=O)cccc1Nc1ncnc2cc(OC)c(OCCCN(C)C)cc12. The summed E-state index contributed by atoms with van der Waals surface area (Å²) in [7, 11) is 5.60. The number of amides is 1. The molecule has 0 atom stereocenters. The molecule has 1 amide bonds. The van der Waals surface area contributed by atoms with Crippen LogP contribution in [-0.2, 0) is 9.59 Å². The molecule has 0 saturated carbocycles. The van der Waals surface area contributed by atoms with Crippen LogP contribution in [0.2, 0.25) is 0 Å². The molecule has 0 bridgehead atoms. The van der Waals surface area contributed by atoms with Gasteiger partial charge in [-0.1, -0.05) is 13.0 Å². The van der Waals surface area contributed by atoms with Gasteiger partial charge in [0.05, 0.1) is 30.6 Å². The van der Waals surface area contributed by atoms with Gasteiger partial charge in [0.15, 0.2) is 17.2 Å². The molecule has 3 rings (SSSR count). The molecule has 0 aliphatic carbocycles. The van der Waals surface area contributed by atoms with Crippen molar-refractivity contribution in [2.75, 3.05) is 45.0 Å². The lowest BCUT2D eigenvalue weighted by Gasteiger charge is -2.17. The van der Waals surface area contributed by atoms with Crippen molar-refractivity contribution in [1.29, 1.82) is 0 Å². The minimum atomic E-state index is -0.434. The molecule has 0 aliphatic heterocycles. The van der Waals surface area contributed by atoms with E-state index in [0.717, 1.165) is 13.0 Å². The van der Waals surface area contributed by atoms with E-state index in [2.05, 4.69) is 25.5 Å². The third-order valence-corrected chi connectivity index (χ3v) is 5.01. The van der Waals surface area contributed by atoms with E-state index in [9.17, 15) is 9.59 Å². The van der Waals surface area contributed by atoms with Gasteiger partial charge in [0.2, 0.25) is 5.91 Å². The quantitative estimate of drug-likeness (QED) is 0.238. The van der Waals surface area contributed by atoms with Crippen LogP contribution in [0.1, 0.15) is 26.7 Å². The van der Waals surface area contributed by atoms with Gasteiger partial charge in [-0.3, -0.25) is 9.59 Å². The predicted molar refractivity (Wildman–Crippen MR) is 135 cm³/mol. The standard InChI is InChI=1S/C25H31N5O5/c1-6-23(32)35-24-18(28-16(2)31)9-7-10-19(24)29-25-17-13-22(34-12-8-11-30(3)4)21(33-5)14-20(17)26-15-27-25/h7,9-10,13-15H,6,8,11-12H2,1-5H3,(H,28,31)(H,26,27,29). The second-order valence-electron chi connectivity index (χ2n) is 8.06. The van der Waals surface area contributed by atoms with Crippen molar-refractivity contribution < 1.29 is 23.8 Å². The summed E-state index contributed by atoms with van der Waals surface area (Å²) in [6.07, 6.45) is 2.46. The van der Waals surface area contributed by atoms with E-state index in [-0.39, 0.29) is 18.1 Å². The Kier molecular flexibility index (Phi) is 8.80. The molecule has 10 nitrogen and oxygen atoms in total. The van der Waals surface area contributed by atoms with E-state index in [1.165, 1.54) is 13.3 Å². The number of benzene rings is 2. The maximum absolute atomic E-state index is 12.1. The number of carbonyl (C=O) groups excluding carboxylic acids is 2. The van der Waals surface area contributed by atoms with Crippen LogP contribution in [0.5, 0.6) is 17.2 Å². The number of hydrogen-bond donors (Lipinski definition) is 2. The van der Waals surface area contributed by atoms with Crippen molar-refractivity contribution in [3.63, 3.8) is 0 Å². The Balaban J connectivity index is 2.00. The highest BCUT2D eigenvalue weighted by Crippen LogP contribution is 2.38. The summed E-state index contributed by atoms with van der Waals surface area (Å²) in [5.74, 6) is 1.10. The monoisotopic (exact) mass is 481 g/mol. The van der Waals surface area contributed by atoms with Gasteiger partial charge in [0.1, 0.15) is 12.1 Å². The van der Waals surface area contributed by atoms with Crippen LogP contribution in [0.25, 0.3) is 10.9 Å². The molecule has 1 heterocycles. The van der Waals surface area contributed by atoms with Crippen LogP contribution in [-0.4, -0.2) is 61.1 Å². The van der Waals surface area contributed by atoms with Crippen LogP contribution in [0.4, 0.5) is 17.2 Å². The zero-order valence-corrected chi connectivity index (χ0v) is 20.7. The summed E-state index contributed by atoms with van der Waals surface area (Å²) in [5.41, 5.74) is 1.47. The molecule has 0 fully saturated rings. The molecule has 0 aliphatic rings. The second kappa shape index (κ2) is 12.0. The number of anilines is 3. The fourth-order valence-electron chi connectivity index (χ4n) is 3.35. The lowest BCUT2D eigenvalue weighted by molar-refractivity contribution is -0.134. The number of esters is 1. The number of para-hydroxylation sites is 1. The Morgan fingerprint density at radius 2 is 1.86 bits per heavy atom. The highest BCUT2D eigenvalue weighted by molar-refractivity contribution is 5.96. The van der Waals surface area contributed by atoms with Gasteiger partial charge in [-0.15, -0.1) is 0 Å². The van der Waals surface area contributed by atoms with E-state index in [1.807, 2.05) is 20.2 Å².